The van der Waals surface area contributed by atoms with Crippen molar-refractivity contribution in [3.8, 4) is 0 Å². The van der Waals surface area contributed by atoms with Crippen LogP contribution in [-0.2, 0) is 6.54 Å². The summed E-state index contributed by atoms with van der Waals surface area (Å²) in [5, 5.41) is 2.83. The number of hydrogen-bond acceptors (Lipinski definition) is 3. The summed E-state index contributed by atoms with van der Waals surface area (Å²) in [5.74, 6) is -0.116. The first-order chi connectivity index (χ1) is 8.65. The average molecular weight is 258 g/mol. The normalized spacial score (nSPS) is 10.1. The predicted octanol–water partition coefficient (Wildman–Crippen LogP) is 2.61. The summed E-state index contributed by atoms with van der Waals surface area (Å²) in [5.41, 5.74) is 2.40. The van der Waals surface area contributed by atoms with Gasteiger partial charge in [-0.3, -0.25) is 9.78 Å². The van der Waals surface area contributed by atoms with Gasteiger partial charge in [-0.1, -0.05) is 12.1 Å². The van der Waals surface area contributed by atoms with Crippen LogP contribution in [0.25, 0.3) is 0 Å². The van der Waals surface area contributed by atoms with Crippen molar-refractivity contribution in [1.82, 2.24) is 10.3 Å². The van der Waals surface area contributed by atoms with Gasteiger partial charge in [0.05, 0.1) is 12.2 Å². The Hall–Kier alpha value is -1.81. The number of carbonyl (C=O) groups is 1. The summed E-state index contributed by atoms with van der Waals surface area (Å²) in [6, 6.07) is 12.9. The van der Waals surface area contributed by atoms with Crippen LogP contribution in [0.4, 0.5) is 0 Å². The second-order valence-electron chi connectivity index (χ2n) is 4.00. The van der Waals surface area contributed by atoms with Gasteiger partial charge in [0.15, 0.2) is 0 Å². The molecular weight excluding hydrogens is 244 g/mol. The van der Waals surface area contributed by atoms with Crippen molar-refractivity contribution in [3.63, 3.8) is 0 Å². The number of thiol groups is 1. The van der Waals surface area contributed by atoms with Gasteiger partial charge >= 0.3 is 0 Å². The Balaban J connectivity index is 2.00. The van der Waals surface area contributed by atoms with E-state index in [0.717, 1.165) is 16.3 Å². The molecule has 1 N–H and O–H groups in total. The number of amides is 1. The van der Waals surface area contributed by atoms with Gasteiger partial charge in [-0.05, 0) is 37.3 Å². The van der Waals surface area contributed by atoms with E-state index in [1.54, 1.807) is 12.1 Å². The molecule has 0 spiro atoms. The molecule has 1 aromatic carbocycles. The molecule has 0 aliphatic rings. The number of aryl methyl sites for hydroxylation is 1. The van der Waals surface area contributed by atoms with Crippen molar-refractivity contribution in [2.75, 3.05) is 0 Å². The third-order valence-corrected chi connectivity index (χ3v) is 2.76. The molecule has 0 saturated carbocycles. The van der Waals surface area contributed by atoms with Crippen LogP contribution >= 0.6 is 12.6 Å². The fourth-order valence-corrected chi connectivity index (χ4v) is 1.84. The summed E-state index contributed by atoms with van der Waals surface area (Å²) in [6.45, 7) is 2.35. The maximum Gasteiger partial charge on any atom is 0.251 e. The molecule has 0 saturated heterocycles. The van der Waals surface area contributed by atoms with Crippen LogP contribution in [-0.4, -0.2) is 10.9 Å². The van der Waals surface area contributed by atoms with E-state index in [0.29, 0.717) is 12.1 Å². The molecule has 1 aromatic heterocycles. The van der Waals surface area contributed by atoms with E-state index in [-0.39, 0.29) is 5.91 Å². The number of rotatable bonds is 3. The standard InChI is InChI=1S/C14H14N2OS/c1-10-4-2-6-12(16-10)9-15-14(17)11-5-3-7-13(18)8-11/h2-8,18H,9H2,1H3,(H,15,17). The monoisotopic (exact) mass is 258 g/mol. The SMILES string of the molecule is Cc1cccc(CNC(=O)c2cccc(S)c2)n1. The first-order valence-corrected chi connectivity index (χ1v) is 6.09. The van der Waals surface area contributed by atoms with Crippen LogP contribution in [0.15, 0.2) is 47.4 Å². The Labute approximate surface area is 112 Å². The molecule has 18 heavy (non-hydrogen) atoms. The summed E-state index contributed by atoms with van der Waals surface area (Å²) < 4.78 is 0. The van der Waals surface area contributed by atoms with E-state index in [1.807, 2.05) is 37.3 Å². The first kappa shape index (κ1) is 12.6. The van der Waals surface area contributed by atoms with Gasteiger partial charge < -0.3 is 5.32 Å². The Bertz CT molecular complexity index is 569. The molecule has 1 amide bonds. The Morgan fingerprint density at radius 2 is 2.06 bits per heavy atom. The topological polar surface area (TPSA) is 42.0 Å². The summed E-state index contributed by atoms with van der Waals surface area (Å²) in [7, 11) is 0. The van der Waals surface area contributed by atoms with Gasteiger partial charge in [0, 0.05) is 16.2 Å². The highest BCUT2D eigenvalue weighted by Crippen LogP contribution is 2.08. The lowest BCUT2D eigenvalue weighted by molar-refractivity contribution is 0.0950. The molecule has 92 valence electrons. The van der Waals surface area contributed by atoms with E-state index < -0.39 is 0 Å². The van der Waals surface area contributed by atoms with Crippen molar-refractivity contribution >= 4 is 18.5 Å². The number of benzene rings is 1. The second-order valence-corrected chi connectivity index (χ2v) is 4.52. The Morgan fingerprint density at radius 3 is 2.78 bits per heavy atom. The molecule has 0 bridgehead atoms. The molecular formula is C14H14N2OS. The minimum Gasteiger partial charge on any atom is -0.346 e. The Kier molecular flexibility index (Phi) is 3.99. The lowest BCUT2D eigenvalue weighted by atomic mass is 10.2. The summed E-state index contributed by atoms with van der Waals surface area (Å²) >= 11 is 4.21. The van der Waals surface area contributed by atoms with Crippen LogP contribution in [0.5, 0.6) is 0 Å². The van der Waals surface area contributed by atoms with Crippen LogP contribution < -0.4 is 5.32 Å². The zero-order valence-electron chi connectivity index (χ0n) is 10.1. The van der Waals surface area contributed by atoms with Crippen LogP contribution in [0, 0.1) is 6.92 Å². The minimum atomic E-state index is -0.116. The third kappa shape index (κ3) is 3.34. The van der Waals surface area contributed by atoms with Crippen LogP contribution in [0.3, 0.4) is 0 Å². The number of pyridine rings is 1. The molecule has 2 rings (SSSR count). The van der Waals surface area contributed by atoms with Gasteiger partial charge in [-0.15, -0.1) is 12.6 Å². The molecule has 0 fully saturated rings. The second kappa shape index (κ2) is 5.69. The highest BCUT2D eigenvalue weighted by molar-refractivity contribution is 7.80. The third-order valence-electron chi connectivity index (χ3n) is 2.48. The molecule has 3 nitrogen and oxygen atoms in total. The maximum absolute atomic E-state index is 11.9. The summed E-state index contributed by atoms with van der Waals surface area (Å²) in [4.78, 5) is 17.0. The fraction of sp³-hybridized carbons (Fsp3) is 0.143. The quantitative estimate of drug-likeness (QED) is 0.831. The zero-order chi connectivity index (χ0) is 13.0. The number of aromatic nitrogens is 1. The molecule has 0 aliphatic heterocycles. The van der Waals surface area contributed by atoms with E-state index in [9.17, 15) is 4.79 Å². The highest BCUT2D eigenvalue weighted by atomic mass is 32.1. The van der Waals surface area contributed by atoms with Gasteiger partial charge in [0.1, 0.15) is 0 Å². The largest absolute Gasteiger partial charge is 0.346 e. The zero-order valence-corrected chi connectivity index (χ0v) is 10.9. The van der Waals surface area contributed by atoms with E-state index in [2.05, 4.69) is 22.9 Å². The summed E-state index contributed by atoms with van der Waals surface area (Å²) in [6.07, 6.45) is 0. The first-order valence-electron chi connectivity index (χ1n) is 5.65. The highest BCUT2D eigenvalue weighted by Gasteiger charge is 2.05. The molecule has 4 heteroatoms. The van der Waals surface area contributed by atoms with Crippen molar-refractivity contribution < 1.29 is 4.79 Å². The Morgan fingerprint density at radius 1 is 1.28 bits per heavy atom. The van der Waals surface area contributed by atoms with Gasteiger partial charge in [-0.2, -0.15) is 0 Å². The number of nitrogens with one attached hydrogen (secondary N) is 1. The van der Waals surface area contributed by atoms with E-state index in [4.69, 9.17) is 0 Å². The fourth-order valence-electron chi connectivity index (χ4n) is 1.62. The minimum absolute atomic E-state index is 0.116. The lowest BCUT2D eigenvalue weighted by Gasteiger charge is -2.05. The van der Waals surface area contributed by atoms with Crippen molar-refractivity contribution in [3.05, 3.63) is 59.4 Å². The molecule has 1 heterocycles. The van der Waals surface area contributed by atoms with Crippen LogP contribution in [0.1, 0.15) is 21.7 Å². The number of hydrogen-bond donors (Lipinski definition) is 2. The van der Waals surface area contributed by atoms with Crippen molar-refractivity contribution in [2.45, 2.75) is 18.4 Å². The predicted molar refractivity (Wildman–Crippen MR) is 73.8 cm³/mol. The molecule has 2 aromatic rings. The molecule has 0 unspecified atom stereocenters. The molecule has 0 aliphatic carbocycles. The van der Waals surface area contributed by atoms with E-state index in [1.165, 1.54) is 0 Å². The van der Waals surface area contributed by atoms with Crippen molar-refractivity contribution in [1.29, 1.82) is 0 Å². The van der Waals surface area contributed by atoms with Crippen molar-refractivity contribution in [2.24, 2.45) is 0 Å². The van der Waals surface area contributed by atoms with Gasteiger partial charge in [-0.25, -0.2) is 0 Å². The van der Waals surface area contributed by atoms with E-state index >= 15 is 0 Å². The maximum atomic E-state index is 11.9. The van der Waals surface area contributed by atoms with Crippen LogP contribution in [0.2, 0.25) is 0 Å². The van der Waals surface area contributed by atoms with Gasteiger partial charge in [0.2, 0.25) is 0 Å². The lowest BCUT2D eigenvalue weighted by Crippen LogP contribution is -2.23. The number of carbonyl (C=O) groups excluding carboxylic acids is 1. The average Bonchev–Trinajstić information content (AvgIpc) is 2.36. The smallest absolute Gasteiger partial charge is 0.251 e. The van der Waals surface area contributed by atoms with Gasteiger partial charge in [0.25, 0.3) is 5.91 Å². The molecule has 0 radical (unpaired) electrons. The molecule has 0 atom stereocenters. The number of nitrogens with zero attached hydrogens (tertiary/aromatic N) is 1.